The summed E-state index contributed by atoms with van der Waals surface area (Å²) in [7, 11) is 1.46. The number of anilines is 1. The van der Waals surface area contributed by atoms with Gasteiger partial charge in [0.1, 0.15) is 0 Å². The number of pyridine rings is 1. The maximum Gasteiger partial charge on any atom is 0.328 e. The molecule has 0 unspecified atom stereocenters. The third kappa shape index (κ3) is 3.60. The van der Waals surface area contributed by atoms with Gasteiger partial charge in [-0.15, -0.1) is 0 Å². The first-order chi connectivity index (χ1) is 12.5. The molecule has 0 aliphatic carbocycles. The van der Waals surface area contributed by atoms with Crippen LogP contribution in [0.2, 0.25) is 5.15 Å². The number of methoxy groups -OCH3 is 1. The van der Waals surface area contributed by atoms with Crippen LogP contribution in [0.5, 0.6) is 5.88 Å². The van der Waals surface area contributed by atoms with E-state index in [2.05, 4.69) is 15.3 Å². The molecule has 0 fully saturated rings. The van der Waals surface area contributed by atoms with E-state index in [1.807, 2.05) is 0 Å². The second-order valence-corrected chi connectivity index (χ2v) is 5.78. The Kier molecular flexibility index (Phi) is 5.04. The lowest BCUT2D eigenvalue weighted by Crippen LogP contribution is -2.31. The van der Waals surface area contributed by atoms with E-state index >= 15 is 0 Å². The molecular weight excluding hydrogens is 360 g/mol. The minimum atomic E-state index is -0.564. The number of fused-ring (bicyclic) bond motifs is 1. The summed E-state index contributed by atoms with van der Waals surface area (Å²) in [6.07, 6.45) is 0.0122. The number of halogens is 1. The molecule has 2 aromatic heterocycles. The highest BCUT2D eigenvalue weighted by Gasteiger charge is 2.11. The first-order valence-corrected chi connectivity index (χ1v) is 8.09. The molecule has 3 aromatic rings. The van der Waals surface area contributed by atoms with Crippen molar-refractivity contribution >= 4 is 34.1 Å². The van der Waals surface area contributed by atoms with Crippen LogP contribution in [0.3, 0.4) is 0 Å². The van der Waals surface area contributed by atoms with E-state index in [-0.39, 0.29) is 24.0 Å². The SMILES string of the molecule is COc1ccc(NC(=O)CCn2c(=O)[nH]c(=O)c3ccccc32)c(Cl)n1. The number of nitrogens with one attached hydrogen (secondary N) is 2. The van der Waals surface area contributed by atoms with Gasteiger partial charge in [-0.2, -0.15) is 4.98 Å². The molecule has 1 amide bonds. The standard InChI is InChI=1S/C17H15ClN4O4/c1-26-14-7-6-11(15(18)20-14)19-13(23)8-9-22-12-5-3-2-4-10(12)16(24)21-17(22)25/h2-7H,8-9H2,1H3,(H,19,23)(H,21,24,25). The molecule has 9 heteroatoms. The van der Waals surface area contributed by atoms with Gasteiger partial charge >= 0.3 is 5.69 Å². The molecule has 1 aromatic carbocycles. The van der Waals surface area contributed by atoms with Gasteiger partial charge in [0, 0.05) is 19.0 Å². The highest BCUT2D eigenvalue weighted by atomic mass is 35.5. The minimum absolute atomic E-state index is 0.0122. The van der Waals surface area contributed by atoms with Gasteiger partial charge in [0.2, 0.25) is 11.8 Å². The summed E-state index contributed by atoms with van der Waals surface area (Å²) in [6, 6.07) is 9.86. The second-order valence-electron chi connectivity index (χ2n) is 5.42. The summed E-state index contributed by atoms with van der Waals surface area (Å²) in [5, 5.41) is 3.12. The summed E-state index contributed by atoms with van der Waals surface area (Å²) in [5.41, 5.74) is -0.206. The highest BCUT2D eigenvalue weighted by molar-refractivity contribution is 6.32. The molecule has 134 valence electrons. The lowest BCUT2D eigenvalue weighted by Gasteiger charge is -2.10. The molecule has 0 aliphatic heterocycles. The Bertz CT molecular complexity index is 1090. The maximum atomic E-state index is 12.2. The molecule has 0 saturated heterocycles. The number of nitrogens with zero attached hydrogens (tertiary/aromatic N) is 2. The Morgan fingerprint density at radius 3 is 2.77 bits per heavy atom. The Labute approximate surface area is 152 Å². The number of hydrogen-bond acceptors (Lipinski definition) is 5. The Balaban J connectivity index is 1.77. The topological polar surface area (TPSA) is 106 Å². The Morgan fingerprint density at radius 1 is 1.27 bits per heavy atom. The quantitative estimate of drug-likeness (QED) is 0.662. The number of aromatic amines is 1. The smallest absolute Gasteiger partial charge is 0.328 e. The fourth-order valence-corrected chi connectivity index (χ4v) is 2.71. The van der Waals surface area contributed by atoms with Crippen LogP contribution in [0.15, 0.2) is 46.0 Å². The van der Waals surface area contributed by atoms with Gasteiger partial charge in [0.25, 0.3) is 5.56 Å². The van der Waals surface area contributed by atoms with Crippen molar-refractivity contribution in [1.82, 2.24) is 14.5 Å². The zero-order valence-corrected chi connectivity index (χ0v) is 14.5. The Hall–Kier alpha value is -3.13. The van der Waals surface area contributed by atoms with E-state index in [0.717, 1.165) is 0 Å². The first-order valence-electron chi connectivity index (χ1n) is 7.72. The van der Waals surface area contributed by atoms with E-state index < -0.39 is 11.2 Å². The van der Waals surface area contributed by atoms with Gasteiger partial charge < -0.3 is 10.1 Å². The van der Waals surface area contributed by atoms with E-state index in [1.165, 1.54) is 11.7 Å². The third-order valence-corrected chi connectivity index (χ3v) is 4.06. The maximum absolute atomic E-state index is 12.2. The van der Waals surface area contributed by atoms with Crippen LogP contribution in [0, 0.1) is 0 Å². The number of hydrogen-bond donors (Lipinski definition) is 2. The zero-order valence-electron chi connectivity index (χ0n) is 13.8. The predicted molar refractivity (Wildman–Crippen MR) is 97.9 cm³/mol. The van der Waals surface area contributed by atoms with Crippen LogP contribution in [-0.4, -0.2) is 27.6 Å². The van der Waals surface area contributed by atoms with Crippen LogP contribution < -0.4 is 21.3 Å². The Morgan fingerprint density at radius 2 is 2.04 bits per heavy atom. The van der Waals surface area contributed by atoms with E-state index in [9.17, 15) is 14.4 Å². The predicted octanol–water partition coefficient (Wildman–Crippen LogP) is 1.78. The molecule has 0 atom stereocenters. The van der Waals surface area contributed by atoms with Crippen molar-refractivity contribution in [2.45, 2.75) is 13.0 Å². The number of para-hydroxylation sites is 1. The average molecular weight is 375 g/mol. The number of aryl methyl sites for hydroxylation is 1. The number of rotatable bonds is 5. The molecule has 3 rings (SSSR count). The largest absolute Gasteiger partial charge is 0.481 e. The van der Waals surface area contributed by atoms with Gasteiger partial charge in [-0.1, -0.05) is 23.7 Å². The number of aromatic nitrogens is 3. The number of carbonyl (C=O) groups is 1. The minimum Gasteiger partial charge on any atom is -0.481 e. The van der Waals surface area contributed by atoms with Crippen molar-refractivity contribution in [3.05, 3.63) is 62.4 Å². The van der Waals surface area contributed by atoms with Crippen molar-refractivity contribution < 1.29 is 9.53 Å². The van der Waals surface area contributed by atoms with Gasteiger partial charge in [-0.05, 0) is 18.2 Å². The van der Waals surface area contributed by atoms with Crippen LogP contribution >= 0.6 is 11.6 Å². The summed E-state index contributed by atoms with van der Waals surface area (Å²) >= 11 is 5.99. The number of benzene rings is 1. The fourth-order valence-electron chi connectivity index (χ4n) is 2.51. The van der Waals surface area contributed by atoms with Gasteiger partial charge in [0.15, 0.2) is 5.15 Å². The lowest BCUT2D eigenvalue weighted by molar-refractivity contribution is -0.116. The van der Waals surface area contributed by atoms with Crippen LogP contribution in [0.1, 0.15) is 6.42 Å². The monoisotopic (exact) mass is 374 g/mol. The number of H-pyrrole nitrogens is 1. The normalized spacial score (nSPS) is 10.7. The molecule has 2 N–H and O–H groups in total. The molecular formula is C17H15ClN4O4. The number of carbonyl (C=O) groups excluding carboxylic acids is 1. The highest BCUT2D eigenvalue weighted by Crippen LogP contribution is 2.22. The van der Waals surface area contributed by atoms with Crippen molar-refractivity contribution in [3.8, 4) is 5.88 Å². The van der Waals surface area contributed by atoms with Crippen molar-refractivity contribution in [2.24, 2.45) is 0 Å². The van der Waals surface area contributed by atoms with Crippen molar-refractivity contribution in [2.75, 3.05) is 12.4 Å². The molecule has 0 aliphatic rings. The molecule has 0 radical (unpaired) electrons. The number of ether oxygens (including phenoxy) is 1. The second kappa shape index (κ2) is 7.40. The average Bonchev–Trinajstić information content (AvgIpc) is 2.63. The van der Waals surface area contributed by atoms with Crippen LogP contribution in [0.4, 0.5) is 5.69 Å². The summed E-state index contributed by atoms with van der Waals surface area (Å²) in [6.45, 7) is 0.100. The van der Waals surface area contributed by atoms with E-state index in [1.54, 1.807) is 36.4 Å². The molecule has 0 saturated carbocycles. The van der Waals surface area contributed by atoms with Gasteiger partial charge in [-0.25, -0.2) is 4.79 Å². The van der Waals surface area contributed by atoms with Gasteiger partial charge in [-0.3, -0.25) is 19.1 Å². The molecule has 8 nitrogen and oxygen atoms in total. The van der Waals surface area contributed by atoms with Crippen molar-refractivity contribution in [3.63, 3.8) is 0 Å². The summed E-state index contributed by atoms with van der Waals surface area (Å²) in [5.74, 6) is -0.0136. The lowest BCUT2D eigenvalue weighted by atomic mass is 10.2. The third-order valence-electron chi connectivity index (χ3n) is 3.77. The number of amides is 1. The molecule has 0 spiro atoms. The molecule has 2 heterocycles. The summed E-state index contributed by atoms with van der Waals surface area (Å²) < 4.78 is 6.30. The van der Waals surface area contributed by atoms with Gasteiger partial charge in [0.05, 0.1) is 23.7 Å². The molecule has 0 bridgehead atoms. The summed E-state index contributed by atoms with van der Waals surface area (Å²) in [4.78, 5) is 42.3. The van der Waals surface area contributed by atoms with E-state index in [0.29, 0.717) is 22.5 Å². The fraction of sp³-hybridized carbons (Fsp3) is 0.176. The van der Waals surface area contributed by atoms with Crippen molar-refractivity contribution in [1.29, 1.82) is 0 Å². The first kappa shape index (κ1) is 17.7. The van der Waals surface area contributed by atoms with E-state index in [4.69, 9.17) is 16.3 Å². The molecule has 26 heavy (non-hydrogen) atoms. The zero-order chi connectivity index (χ0) is 18.7. The van der Waals surface area contributed by atoms with Crippen LogP contribution in [-0.2, 0) is 11.3 Å². The van der Waals surface area contributed by atoms with Crippen LogP contribution in [0.25, 0.3) is 10.9 Å².